The number of carbonyl (C=O) groups excluding carboxylic acids is 1. The van der Waals surface area contributed by atoms with E-state index in [0.29, 0.717) is 34.9 Å². The Balaban J connectivity index is 1.95. The maximum absolute atomic E-state index is 14.2. The summed E-state index contributed by atoms with van der Waals surface area (Å²) < 4.78 is 24.9. The number of nitrogens with zero attached hydrogens (tertiary/aromatic N) is 1. The minimum atomic E-state index is -0.497. The smallest absolute Gasteiger partial charge is 0.255 e. The second-order valence-electron chi connectivity index (χ2n) is 6.80. The molecule has 1 aliphatic heterocycles. The number of nitrogens with one attached hydrogen (secondary N) is 3. The van der Waals surface area contributed by atoms with Crippen LogP contribution in [0.5, 0.6) is 11.5 Å². The number of aromatic nitrogens is 2. The standard InChI is InChI=1S/C21H21FN4O3/c1-11-9-24-21(27)16-17(11)26-18(12-7-8-23-10-15(12)28-2)19(16)25-14-6-4-5-13(22)20(14)29-3/h4-8,10-11,25-26H,9H2,1-3H3,(H,24,27). The Bertz CT molecular complexity index is 1080. The summed E-state index contributed by atoms with van der Waals surface area (Å²) in [4.78, 5) is 20.2. The zero-order chi connectivity index (χ0) is 20.5. The van der Waals surface area contributed by atoms with Gasteiger partial charge in [-0.3, -0.25) is 9.78 Å². The summed E-state index contributed by atoms with van der Waals surface area (Å²) in [6.45, 7) is 2.55. The number of hydrogen-bond donors (Lipinski definition) is 3. The third kappa shape index (κ3) is 3.16. The fourth-order valence-electron chi connectivity index (χ4n) is 3.59. The first-order chi connectivity index (χ1) is 14.0. The fourth-order valence-corrected chi connectivity index (χ4v) is 3.59. The van der Waals surface area contributed by atoms with Crippen LogP contribution in [0.15, 0.2) is 36.7 Å². The maximum atomic E-state index is 14.2. The number of ether oxygens (including phenoxy) is 2. The number of rotatable bonds is 5. The first-order valence-corrected chi connectivity index (χ1v) is 9.17. The summed E-state index contributed by atoms with van der Waals surface area (Å²) in [6.07, 6.45) is 3.25. The molecule has 150 valence electrons. The van der Waals surface area contributed by atoms with Gasteiger partial charge in [0, 0.05) is 29.9 Å². The molecule has 1 amide bonds. The molecule has 7 nitrogen and oxygen atoms in total. The molecule has 0 saturated heterocycles. The van der Waals surface area contributed by atoms with Crippen molar-refractivity contribution in [3.05, 3.63) is 53.7 Å². The molecule has 8 heteroatoms. The molecule has 0 fully saturated rings. The molecule has 3 N–H and O–H groups in total. The predicted octanol–water partition coefficient (Wildman–Crippen LogP) is 3.82. The average molecular weight is 396 g/mol. The van der Waals surface area contributed by atoms with Gasteiger partial charge in [-0.05, 0) is 18.2 Å². The van der Waals surface area contributed by atoms with Crippen molar-refractivity contribution >= 4 is 17.3 Å². The number of benzene rings is 1. The second kappa shape index (κ2) is 7.46. The molecule has 0 spiro atoms. The van der Waals surface area contributed by atoms with Gasteiger partial charge in [0.05, 0.1) is 43.0 Å². The number of fused-ring (bicyclic) bond motifs is 1. The van der Waals surface area contributed by atoms with Crippen molar-refractivity contribution in [3.8, 4) is 22.8 Å². The van der Waals surface area contributed by atoms with Crippen molar-refractivity contribution in [1.29, 1.82) is 0 Å². The van der Waals surface area contributed by atoms with Gasteiger partial charge in [-0.25, -0.2) is 4.39 Å². The SMILES string of the molecule is COc1cnccc1-c1[nH]c2c(c1Nc1cccc(F)c1OC)C(=O)NCC2C. The molecule has 1 aliphatic rings. The Labute approximate surface area is 167 Å². The van der Waals surface area contributed by atoms with E-state index in [1.807, 2.05) is 6.92 Å². The molecule has 0 aliphatic carbocycles. The molecule has 1 unspecified atom stereocenters. The van der Waals surface area contributed by atoms with Crippen LogP contribution in [0.2, 0.25) is 0 Å². The van der Waals surface area contributed by atoms with Crippen LogP contribution in [0.4, 0.5) is 15.8 Å². The van der Waals surface area contributed by atoms with Gasteiger partial charge in [0.2, 0.25) is 0 Å². The van der Waals surface area contributed by atoms with E-state index in [2.05, 4.69) is 20.6 Å². The molecular formula is C21H21FN4O3. The Morgan fingerprint density at radius 1 is 1.24 bits per heavy atom. The Kier molecular flexibility index (Phi) is 4.84. The first kappa shape index (κ1) is 18.8. The van der Waals surface area contributed by atoms with Crippen LogP contribution in [0.25, 0.3) is 11.3 Å². The Morgan fingerprint density at radius 2 is 2.07 bits per heavy atom. The Morgan fingerprint density at radius 3 is 2.83 bits per heavy atom. The van der Waals surface area contributed by atoms with Crippen molar-refractivity contribution in [2.75, 3.05) is 26.1 Å². The molecule has 1 atom stereocenters. The lowest BCUT2D eigenvalue weighted by Crippen LogP contribution is -2.33. The van der Waals surface area contributed by atoms with E-state index in [9.17, 15) is 9.18 Å². The molecule has 29 heavy (non-hydrogen) atoms. The highest BCUT2D eigenvalue weighted by Crippen LogP contribution is 2.43. The van der Waals surface area contributed by atoms with Gasteiger partial charge < -0.3 is 25.1 Å². The summed E-state index contributed by atoms with van der Waals surface area (Å²) in [5, 5.41) is 6.11. The van der Waals surface area contributed by atoms with Gasteiger partial charge in [-0.15, -0.1) is 0 Å². The maximum Gasteiger partial charge on any atom is 0.255 e. The van der Waals surface area contributed by atoms with Gasteiger partial charge in [0.15, 0.2) is 11.6 Å². The third-order valence-corrected chi connectivity index (χ3v) is 5.02. The molecule has 0 bridgehead atoms. The van der Waals surface area contributed by atoms with E-state index >= 15 is 0 Å². The average Bonchev–Trinajstić information content (AvgIpc) is 3.11. The van der Waals surface area contributed by atoms with Gasteiger partial charge in [0.25, 0.3) is 5.91 Å². The van der Waals surface area contributed by atoms with Gasteiger partial charge in [-0.1, -0.05) is 13.0 Å². The third-order valence-electron chi connectivity index (χ3n) is 5.02. The van der Waals surface area contributed by atoms with Gasteiger partial charge in [-0.2, -0.15) is 0 Å². The van der Waals surface area contributed by atoms with Crippen LogP contribution < -0.4 is 20.1 Å². The van der Waals surface area contributed by atoms with Gasteiger partial charge >= 0.3 is 0 Å². The molecule has 3 heterocycles. The predicted molar refractivity (Wildman–Crippen MR) is 108 cm³/mol. The number of aromatic amines is 1. The van der Waals surface area contributed by atoms with Crippen LogP contribution >= 0.6 is 0 Å². The van der Waals surface area contributed by atoms with Crippen LogP contribution in [0.1, 0.15) is 28.9 Å². The van der Waals surface area contributed by atoms with Crippen LogP contribution in [-0.2, 0) is 0 Å². The van der Waals surface area contributed by atoms with Crippen LogP contribution in [0.3, 0.4) is 0 Å². The van der Waals surface area contributed by atoms with E-state index in [-0.39, 0.29) is 17.6 Å². The van der Waals surface area contributed by atoms with Crippen LogP contribution in [-0.4, -0.2) is 36.6 Å². The molecule has 0 radical (unpaired) electrons. The summed E-state index contributed by atoms with van der Waals surface area (Å²) in [5.41, 5.74) is 3.62. The number of amides is 1. The highest BCUT2D eigenvalue weighted by Gasteiger charge is 2.32. The van der Waals surface area contributed by atoms with Crippen molar-refractivity contribution in [2.45, 2.75) is 12.8 Å². The van der Waals surface area contributed by atoms with Crippen molar-refractivity contribution in [3.63, 3.8) is 0 Å². The number of pyridine rings is 1. The topological polar surface area (TPSA) is 88.3 Å². The normalized spacial score (nSPS) is 15.4. The van der Waals surface area contributed by atoms with Gasteiger partial charge in [0.1, 0.15) is 5.75 Å². The summed E-state index contributed by atoms with van der Waals surface area (Å²) in [7, 11) is 2.96. The first-order valence-electron chi connectivity index (χ1n) is 9.17. The molecule has 1 aromatic carbocycles. The minimum Gasteiger partial charge on any atom is -0.494 e. The van der Waals surface area contributed by atoms with E-state index in [1.54, 1.807) is 37.7 Å². The van der Waals surface area contributed by atoms with E-state index in [0.717, 1.165) is 11.3 Å². The van der Waals surface area contributed by atoms with Crippen molar-refractivity contribution in [2.24, 2.45) is 0 Å². The van der Waals surface area contributed by atoms with Crippen LogP contribution in [0, 0.1) is 5.82 Å². The lowest BCUT2D eigenvalue weighted by Gasteiger charge is -2.20. The largest absolute Gasteiger partial charge is 0.494 e. The Hall–Kier alpha value is -3.55. The fraction of sp³-hybridized carbons (Fsp3) is 0.238. The van der Waals surface area contributed by atoms with Crippen molar-refractivity contribution < 1.29 is 18.7 Å². The number of hydrogen-bond acceptors (Lipinski definition) is 5. The molecule has 3 aromatic rings. The number of halogens is 1. The number of H-pyrrole nitrogens is 1. The zero-order valence-corrected chi connectivity index (χ0v) is 16.3. The summed E-state index contributed by atoms with van der Waals surface area (Å²) >= 11 is 0. The lowest BCUT2D eigenvalue weighted by atomic mass is 9.98. The van der Waals surface area contributed by atoms with E-state index in [1.165, 1.54) is 13.2 Å². The molecule has 0 saturated carbocycles. The minimum absolute atomic E-state index is 0.0689. The second-order valence-corrected chi connectivity index (χ2v) is 6.80. The zero-order valence-electron chi connectivity index (χ0n) is 16.3. The highest BCUT2D eigenvalue weighted by molar-refractivity contribution is 6.07. The van der Waals surface area contributed by atoms with E-state index < -0.39 is 5.82 Å². The molecule has 4 rings (SSSR count). The summed E-state index contributed by atoms with van der Waals surface area (Å²) in [5.74, 6) is 0.00118. The monoisotopic (exact) mass is 396 g/mol. The van der Waals surface area contributed by atoms with Crippen molar-refractivity contribution in [1.82, 2.24) is 15.3 Å². The lowest BCUT2D eigenvalue weighted by molar-refractivity contribution is 0.0942. The highest BCUT2D eigenvalue weighted by atomic mass is 19.1. The molecule has 2 aromatic heterocycles. The molecular weight excluding hydrogens is 375 g/mol. The number of methoxy groups -OCH3 is 2. The number of anilines is 2. The summed E-state index contributed by atoms with van der Waals surface area (Å²) in [6, 6.07) is 6.39. The quantitative estimate of drug-likeness (QED) is 0.610. The number of para-hydroxylation sites is 1. The number of carbonyl (C=O) groups is 1. The van der Waals surface area contributed by atoms with E-state index in [4.69, 9.17) is 9.47 Å².